The average Bonchev–Trinajstić information content (AvgIpc) is 3.40. The minimum absolute atomic E-state index is 0.0637. The van der Waals surface area contributed by atoms with E-state index in [1.54, 1.807) is 0 Å². The summed E-state index contributed by atoms with van der Waals surface area (Å²) < 4.78 is 7.72. The van der Waals surface area contributed by atoms with Gasteiger partial charge in [0, 0.05) is 44.5 Å². The number of hydrogen-bond donors (Lipinski definition) is 1. The van der Waals surface area contributed by atoms with E-state index in [0.717, 1.165) is 50.4 Å². The van der Waals surface area contributed by atoms with Crippen LogP contribution in [-0.2, 0) is 11.3 Å². The van der Waals surface area contributed by atoms with Crippen molar-refractivity contribution in [3.63, 3.8) is 0 Å². The number of aryl methyl sites for hydroxylation is 1. The van der Waals surface area contributed by atoms with Gasteiger partial charge in [0.25, 0.3) is 5.91 Å². The number of amides is 1. The number of aromatic amines is 1. The SMILES string of the molecule is CCn1nc(C2CN(C)CCO2)nc1-c1c[nH]c(C(=O)N2CCCC2)c1. The van der Waals surface area contributed by atoms with Crippen molar-refractivity contribution < 1.29 is 9.53 Å². The third-order valence-electron chi connectivity index (χ3n) is 5.11. The second-order valence-corrected chi connectivity index (χ2v) is 7.03. The summed E-state index contributed by atoms with van der Waals surface area (Å²) >= 11 is 0. The van der Waals surface area contributed by atoms with Gasteiger partial charge < -0.3 is 19.5 Å². The highest BCUT2D eigenvalue weighted by Crippen LogP contribution is 2.25. The van der Waals surface area contributed by atoms with Gasteiger partial charge in [-0.15, -0.1) is 0 Å². The van der Waals surface area contributed by atoms with Crippen molar-refractivity contribution in [2.75, 3.05) is 39.8 Å². The smallest absolute Gasteiger partial charge is 0.270 e. The van der Waals surface area contributed by atoms with Crippen LogP contribution in [-0.4, -0.2) is 75.3 Å². The molecule has 2 aromatic heterocycles. The van der Waals surface area contributed by atoms with Gasteiger partial charge in [0.05, 0.1) is 6.61 Å². The van der Waals surface area contributed by atoms with Gasteiger partial charge >= 0.3 is 0 Å². The van der Waals surface area contributed by atoms with Crippen LogP contribution in [0.2, 0.25) is 0 Å². The molecule has 0 spiro atoms. The van der Waals surface area contributed by atoms with Crippen LogP contribution in [0.1, 0.15) is 42.2 Å². The Labute approximate surface area is 153 Å². The predicted octanol–water partition coefficient (Wildman–Crippen LogP) is 1.53. The summed E-state index contributed by atoms with van der Waals surface area (Å²) in [5, 5.41) is 4.64. The largest absolute Gasteiger partial charge is 0.367 e. The van der Waals surface area contributed by atoms with Crippen molar-refractivity contribution in [2.45, 2.75) is 32.4 Å². The van der Waals surface area contributed by atoms with Crippen molar-refractivity contribution >= 4 is 5.91 Å². The van der Waals surface area contributed by atoms with Crippen molar-refractivity contribution in [3.05, 3.63) is 23.8 Å². The molecule has 0 radical (unpaired) electrons. The Kier molecular flexibility index (Phi) is 4.78. The Morgan fingerprint density at radius 3 is 2.88 bits per heavy atom. The summed E-state index contributed by atoms with van der Waals surface area (Å²) in [6.07, 6.45) is 3.91. The standard InChI is InChI=1S/C18H26N6O2/c1-3-24-17(20-16(21-24)15-12-22(2)8-9-26-15)13-10-14(19-11-13)18(25)23-6-4-5-7-23/h10-11,15,19H,3-9,12H2,1-2H3. The summed E-state index contributed by atoms with van der Waals surface area (Å²) in [5.74, 6) is 1.55. The van der Waals surface area contributed by atoms with Gasteiger partial charge in [-0.25, -0.2) is 9.67 Å². The zero-order chi connectivity index (χ0) is 18.1. The van der Waals surface area contributed by atoms with Gasteiger partial charge in [0.2, 0.25) is 0 Å². The molecule has 8 nitrogen and oxygen atoms in total. The molecule has 2 aliphatic rings. The van der Waals surface area contributed by atoms with Crippen LogP contribution in [0.4, 0.5) is 0 Å². The first-order chi connectivity index (χ1) is 12.7. The number of nitrogens with zero attached hydrogens (tertiary/aromatic N) is 5. The Morgan fingerprint density at radius 2 is 2.15 bits per heavy atom. The van der Waals surface area contributed by atoms with Gasteiger partial charge in [0.15, 0.2) is 11.6 Å². The molecule has 0 aliphatic carbocycles. The van der Waals surface area contributed by atoms with E-state index in [0.29, 0.717) is 24.7 Å². The lowest BCUT2D eigenvalue weighted by molar-refractivity contribution is -0.0255. The third kappa shape index (κ3) is 3.26. The van der Waals surface area contributed by atoms with Gasteiger partial charge in [-0.05, 0) is 32.9 Å². The second-order valence-electron chi connectivity index (χ2n) is 7.03. The van der Waals surface area contributed by atoms with E-state index in [9.17, 15) is 4.79 Å². The van der Waals surface area contributed by atoms with Crippen LogP contribution in [0.3, 0.4) is 0 Å². The molecule has 0 bridgehead atoms. The van der Waals surface area contributed by atoms with Crippen molar-refractivity contribution in [1.29, 1.82) is 0 Å². The molecule has 2 saturated heterocycles. The molecule has 1 amide bonds. The van der Waals surface area contributed by atoms with E-state index < -0.39 is 0 Å². The zero-order valence-corrected chi connectivity index (χ0v) is 15.4. The van der Waals surface area contributed by atoms with Gasteiger partial charge in [-0.2, -0.15) is 5.10 Å². The number of morpholine rings is 1. The molecule has 0 aromatic carbocycles. The lowest BCUT2D eigenvalue weighted by Gasteiger charge is -2.28. The number of carbonyl (C=O) groups excluding carboxylic acids is 1. The van der Waals surface area contributed by atoms with Crippen LogP contribution in [0.15, 0.2) is 12.3 Å². The maximum Gasteiger partial charge on any atom is 0.270 e. The molecule has 4 heterocycles. The zero-order valence-electron chi connectivity index (χ0n) is 15.4. The number of aromatic nitrogens is 4. The number of likely N-dealkylation sites (N-methyl/N-ethyl adjacent to an activating group) is 1. The fourth-order valence-electron chi connectivity index (χ4n) is 3.60. The first-order valence-electron chi connectivity index (χ1n) is 9.38. The Bertz CT molecular complexity index is 776. The van der Waals surface area contributed by atoms with Gasteiger partial charge in [-0.1, -0.05) is 0 Å². The number of likely N-dealkylation sites (tertiary alicyclic amines) is 1. The monoisotopic (exact) mass is 358 g/mol. The summed E-state index contributed by atoms with van der Waals surface area (Å²) in [6.45, 7) is 6.85. The molecule has 0 saturated carbocycles. The highest BCUT2D eigenvalue weighted by atomic mass is 16.5. The summed E-state index contributed by atoms with van der Waals surface area (Å²) in [5.41, 5.74) is 1.50. The van der Waals surface area contributed by atoms with Crippen LogP contribution >= 0.6 is 0 Å². The van der Waals surface area contributed by atoms with Crippen molar-refractivity contribution in [2.24, 2.45) is 0 Å². The fraction of sp³-hybridized carbons (Fsp3) is 0.611. The summed E-state index contributed by atoms with van der Waals surface area (Å²) in [4.78, 5) is 24.5. The fourth-order valence-corrected chi connectivity index (χ4v) is 3.60. The molecule has 26 heavy (non-hydrogen) atoms. The van der Waals surface area contributed by atoms with E-state index in [1.807, 2.05) is 28.8 Å². The van der Waals surface area contributed by atoms with E-state index in [-0.39, 0.29) is 12.0 Å². The van der Waals surface area contributed by atoms with E-state index in [1.165, 1.54) is 0 Å². The highest BCUT2D eigenvalue weighted by Gasteiger charge is 2.26. The molecule has 4 rings (SSSR count). The molecule has 1 atom stereocenters. The number of nitrogens with one attached hydrogen (secondary N) is 1. The molecule has 8 heteroatoms. The molecular formula is C18H26N6O2. The van der Waals surface area contributed by atoms with E-state index >= 15 is 0 Å². The maximum absolute atomic E-state index is 12.6. The quantitative estimate of drug-likeness (QED) is 0.897. The number of H-pyrrole nitrogens is 1. The first-order valence-corrected chi connectivity index (χ1v) is 9.38. The van der Waals surface area contributed by atoms with Gasteiger partial charge in [-0.3, -0.25) is 4.79 Å². The van der Waals surface area contributed by atoms with E-state index in [2.05, 4.69) is 22.0 Å². The molecule has 2 fully saturated rings. The van der Waals surface area contributed by atoms with Crippen LogP contribution < -0.4 is 0 Å². The van der Waals surface area contributed by atoms with Crippen molar-refractivity contribution in [1.82, 2.24) is 29.5 Å². The summed E-state index contributed by atoms with van der Waals surface area (Å²) in [7, 11) is 2.08. The number of hydrogen-bond acceptors (Lipinski definition) is 5. The Morgan fingerprint density at radius 1 is 1.35 bits per heavy atom. The summed E-state index contributed by atoms with van der Waals surface area (Å²) in [6, 6.07) is 1.88. The molecule has 2 aliphatic heterocycles. The topological polar surface area (TPSA) is 79.3 Å². The molecule has 2 aromatic rings. The van der Waals surface area contributed by atoms with Crippen LogP contribution in [0.25, 0.3) is 11.4 Å². The van der Waals surface area contributed by atoms with Gasteiger partial charge in [0.1, 0.15) is 11.8 Å². The first kappa shape index (κ1) is 17.2. The second kappa shape index (κ2) is 7.20. The molecular weight excluding hydrogens is 332 g/mol. The third-order valence-corrected chi connectivity index (χ3v) is 5.11. The Hall–Kier alpha value is -2.19. The average molecular weight is 358 g/mol. The molecule has 140 valence electrons. The minimum atomic E-state index is -0.107. The molecule has 1 N–H and O–H groups in total. The lowest BCUT2D eigenvalue weighted by Crippen LogP contribution is -2.35. The van der Waals surface area contributed by atoms with E-state index in [4.69, 9.17) is 9.72 Å². The van der Waals surface area contributed by atoms with Crippen LogP contribution in [0, 0.1) is 0 Å². The maximum atomic E-state index is 12.6. The predicted molar refractivity (Wildman–Crippen MR) is 96.8 cm³/mol. The molecule has 1 unspecified atom stereocenters. The normalized spacial score (nSPS) is 21.5. The number of rotatable bonds is 4. The van der Waals surface area contributed by atoms with Crippen molar-refractivity contribution in [3.8, 4) is 11.4 Å². The number of carbonyl (C=O) groups is 1. The lowest BCUT2D eigenvalue weighted by atomic mass is 10.2. The number of ether oxygens (including phenoxy) is 1. The Balaban J connectivity index is 1.58. The van der Waals surface area contributed by atoms with Crippen LogP contribution in [0.5, 0.6) is 0 Å². The highest BCUT2D eigenvalue weighted by molar-refractivity contribution is 5.93. The minimum Gasteiger partial charge on any atom is -0.367 e.